The van der Waals surface area contributed by atoms with E-state index in [0.29, 0.717) is 13.1 Å². The number of fused-ring (bicyclic) bond motifs is 2. The molecule has 4 rings (SSSR count). The summed E-state index contributed by atoms with van der Waals surface area (Å²) in [6.45, 7) is 11.4. The number of carbonyl (C=O) groups is 1. The van der Waals surface area contributed by atoms with E-state index in [0.717, 1.165) is 24.2 Å². The van der Waals surface area contributed by atoms with Gasteiger partial charge in [-0.15, -0.1) is 0 Å². The molecule has 5 heteroatoms. The molecule has 5 nitrogen and oxygen atoms in total. The number of hydrogen-bond acceptors (Lipinski definition) is 4. The van der Waals surface area contributed by atoms with E-state index in [1.165, 1.54) is 11.1 Å². The molecule has 1 amide bonds. The molecular formula is C24H30N2O3. The van der Waals surface area contributed by atoms with Crippen molar-refractivity contribution in [2.45, 2.75) is 58.5 Å². The van der Waals surface area contributed by atoms with Crippen LogP contribution in [-0.2, 0) is 23.0 Å². The lowest BCUT2D eigenvalue weighted by molar-refractivity contribution is 0.0174. The molecule has 2 aromatic rings. The number of rotatable bonds is 2. The maximum absolute atomic E-state index is 12.7. The molecule has 1 aliphatic carbocycles. The van der Waals surface area contributed by atoms with Gasteiger partial charge in [0.15, 0.2) is 0 Å². The second kappa shape index (κ2) is 6.75. The molecule has 0 spiro atoms. The van der Waals surface area contributed by atoms with Gasteiger partial charge in [0.25, 0.3) is 0 Å². The zero-order valence-electron chi connectivity index (χ0n) is 18.0. The van der Waals surface area contributed by atoms with Crippen molar-refractivity contribution in [1.29, 1.82) is 0 Å². The molecule has 0 radical (unpaired) electrons. The number of carbonyl (C=O) groups excluding carboxylic acids is 1. The van der Waals surface area contributed by atoms with Gasteiger partial charge in [-0.25, -0.2) is 4.79 Å². The summed E-state index contributed by atoms with van der Waals surface area (Å²) < 4.78 is 11.4. The van der Waals surface area contributed by atoms with Crippen molar-refractivity contribution in [2.24, 2.45) is 5.41 Å². The standard InChI is InChI=1S/C24H30N2O3/c1-22(2,3)28-21(27)26-12-11-19-23(4,16-26)14-18-15-25-29-20(18)24(19,5)13-17-9-7-6-8-10-17/h6-11,15H,12-14,16H2,1-5H3/t23-,24+/m0/s1. The number of ether oxygens (including phenoxy) is 1. The van der Waals surface area contributed by atoms with E-state index in [4.69, 9.17) is 9.26 Å². The van der Waals surface area contributed by atoms with Crippen LogP contribution in [0.1, 0.15) is 51.5 Å². The Kier molecular flexibility index (Phi) is 4.60. The first-order valence-corrected chi connectivity index (χ1v) is 10.3. The minimum absolute atomic E-state index is 0.183. The molecule has 1 aromatic heterocycles. The molecule has 1 aromatic carbocycles. The molecule has 154 valence electrons. The van der Waals surface area contributed by atoms with Crippen LogP contribution in [0.25, 0.3) is 0 Å². The van der Waals surface area contributed by atoms with E-state index in [9.17, 15) is 4.79 Å². The number of nitrogens with zero attached hydrogens (tertiary/aromatic N) is 2. The molecule has 0 N–H and O–H groups in total. The van der Waals surface area contributed by atoms with Gasteiger partial charge in [0.2, 0.25) is 0 Å². The van der Waals surface area contributed by atoms with Crippen LogP contribution in [0, 0.1) is 5.41 Å². The molecule has 29 heavy (non-hydrogen) atoms. The Labute approximate surface area is 172 Å². The molecule has 0 saturated heterocycles. The first-order chi connectivity index (χ1) is 13.6. The van der Waals surface area contributed by atoms with Gasteiger partial charge in [-0.3, -0.25) is 0 Å². The van der Waals surface area contributed by atoms with Gasteiger partial charge in [0, 0.05) is 24.1 Å². The summed E-state index contributed by atoms with van der Waals surface area (Å²) in [5, 5.41) is 4.13. The molecule has 0 unspecified atom stereocenters. The third-order valence-electron chi connectivity index (χ3n) is 6.08. The highest BCUT2D eigenvalue weighted by Crippen LogP contribution is 2.53. The molecular weight excluding hydrogens is 364 g/mol. The van der Waals surface area contributed by atoms with E-state index in [2.05, 4.69) is 49.3 Å². The van der Waals surface area contributed by atoms with Crippen LogP contribution in [-0.4, -0.2) is 34.8 Å². The van der Waals surface area contributed by atoms with Crippen LogP contribution in [0.2, 0.25) is 0 Å². The van der Waals surface area contributed by atoms with Crippen molar-refractivity contribution in [3.05, 3.63) is 65.1 Å². The lowest BCUT2D eigenvalue weighted by Crippen LogP contribution is -2.53. The minimum Gasteiger partial charge on any atom is -0.444 e. The minimum atomic E-state index is -0.502. The predicted molar refractivity (Wildman–Crippen MR) is 112 cm³/mol. The number of aromatic nitrogens is 1. The van der Waals surface area contributed by atoms with Gasteiger partial charge < -0.3 is 14.2 Å². The van der Waals surface area contributed by atoms with Crippen LogP contribution >= 0.6 is 0 Å². The highest BCUT2D eigenvalue weighted by atomic mass is 16.6. The predicted octanol–water partition coefficient (Wildman–Crippen LogP) is 4.91. The molecule has 0 fully saturated rings. The fourth-order valence-electron chi connectivity index (χ4n) is 5.09. The van der Waals surface area contributed by atoms with Crippen molar-refractivity contribution in [3.8, 4) is 0 Å². The summed E-state index contributed by atoms with van der Waals surface area (Å²) in [5.74, 6) is 0.954. The smallest absolute Gasteiger partial charge is 0.410 e. The Morgan fingerprint density at radius 2 is 1.97 bits per heavy atom. The zero-order chi connectivity index (χ0) is 20.9. The maximum Gasteiger partial charge on any atom is 0.410 e. The first kappa shape index (κ1) is 19.7. The van der Waals surface area contributed by atoms with Crippen LogP contribution in [0.3, 0.4) is 0 Å². The molecule has 2 aliphatic rings. The van der Waals surface area contributed by atoms with Gasteiger partial charge >= 0.3 is 6.09 Å². The first-order valence-electron chi connectivity index (χ1n) is 10.3. The van der Waals surface area contributed by atoms with Crippen molar-refractivity contribution < 1.29 is 14.1 Å². The summed E-state index contributed by atoms with van der Waals surface area (Å²) in [6.07, 6.45) is 5.44. The largest absolute Gasteiger partial charge is 0.444 e. The van der Waals surface area contributed by atoms with Crippen molar-refractivity contribution >= 4 is 6.09 Å². The van der Waals surface area contributed by atoms with Crippen molar-refractivity contribution in [2.75, 3.05) is 13.1 Å². The monoisotopic (exact) mass is 394 g/mol. The number of benzene rings is 1. The topological polar surface area (TPSA) is 55.6 Å². The van der Waals surface area contributed by atoms with Gasteiger partial charge in [-0.2, -0.15) is 0 Å². The molecule has 0 bridgehead atoms. The van der Waals surface area contributed by atoms with Crippen molar-refractivity contribution in [3.63, 3.8) is 0 Å². The van der Waals surface area contributed by atoms with Crippen LogP contribution in [0.4, 0.5) is 4.79 Å². The summed E-state index contributed by atoms with van der Waals surface area (Å²) in [6, 6.07) is 10.5. The van der Waals surface area contributed by atoms with Crippen molar-refractivity contribution in [1.82, 2.24) is 10.1 Å². The summed E-state index contributed by atoms with van der Waals surface area (Å²) in [4.78, 5) is 14.5. The van der Waals surface area contributed by atoms with Gasteiger partial charge in [-0.05, 0) is 46.1 Å². The average molecular weight is 395 g/mol. The zero-order valence-corrected chi connectivity index (χ0v) is 18.0. The molecule has 0 saturated carbocycles. The van der Waals surface area contributed by atoms with Gasteiger partial charge in [0.05, 0.1) is 11.6 Å². The highest BCUT2D eigenvalue weighted by Gasteiger charge is 2.52. The fraction of sp³-hybridized carbons (Fsp3) is 0.500. The maximum atomic E-state index is 12.7. The van der Waals surface area contributed by atoms with Crippen LogP contribution < -0.4 is 0 Å². The van der Waals surface area contributed by atoms with E-state index >= 15 is 0 Å². The quantitative estimate of drug-likeness (QED) is 0.679. The third kappa shape index (κ3) is 3.59. The average Bonchev–Trinajstić information content (AvgIpc) is 3.09. The fourth-order valence-corrected chi connectivity index (χ4v) is 5.09. The SMILES string of the molecule is CC(C)(C)OC(=O)N1CC=C2[C@@](C)(Cc3cnoc3[C@]2(C)Cc2ccccc2)C1. The molecule has 2 heterocycles. The Morgan fingerprint density at radius 3 is 2.66 bits per heavy atom. The summed E-state index contributed by atoms with van der Waals surface area (Å²) in [7, 11) is 0. The van der Waals surface area contributed by atoms with Crippen LogP contribution in [0.5, 0.6) is 0 Å². The summed E-state index contributed by atoms with van der Waals surface area (Å²) in [5.41, 5.74) is 2.75. The second-order valence-electron chi connectivity index (χ2n) is 9.89. The lowest BCUT2D eigenvalue weighted by atomic mass is 9.57. The lowest BCUT2D eigenvalue weighted by Gasteiger charge is -2.50. The second-order valence-corrected chi connectivity index (χ2v) is 9.89. The Hall–Kier alpha value is -2.56. The molecule has 2 atom stereocenters. The Bertz CT molecular complexity index is 941. The van der Waals surface area contributed by atoms with E-state index in [1.807, 2.05) is 37.9 Å². The normalized spacial score (nSPS) is 26.4. The molecule has 1 aliphatic heterocycles. The van der Waals surface area contributed by atoms with E-state index < -0.39 is 5.60 Å². The summed E-state index contributed by atoms with van der Waals surface area (Å²) >= 11 is 0. The van der Waals surface area contributed by atoms with E-state index in [-0.39, 0.29) is 16.9 Å². The number of hydrogen-bond donors (Lipinski definition) is 0. The highest BCUT2D eigenvalue weighted by molar-refractivity contribution is 5.69. The number of amides is 1. The van der Waals surface area contributed by atoms with Crippen LogP contribution in [0.15, 0.2) is 52.7 Å². The van der Waals surface area contributed by atoms with Gasteiger partial charge in [-0.1, -0.05) is 54.1 Å². The van der Waals surface area contributed by atoms with E-state index in [1.54, 1.807) is 0 Å². The Morgan fingerprint density at radius 1 is 1.24 bits per heavy atom. The third-order valence-corrected chi connectivity index (χ3v) is 6.08. The Balaban J connectivity index is 1.71. The van der Waals surface area contributed by atoms with Gasteiger partial charge in [0.1, 0.15) is 11.4 Å².